The maximum absolute atomic E-state index is 5.74. The Labute approximate surface area is 97.6 Å². The minimum Gasteiger partial charge on any atom is -0.446 e. The summed E-state index contributed by atoms with van der Waals surface area (Å²) in [5.41, 5.74) is 0. The second-order valence-corrected chi connectivity index (χ2v) is 3.55. The smallest absolute Gasteiger partial charge is 0.196 e. The van der Waals surface area contributed by atoms with E-state index in [2.05, 4.69) is 24.6 Å². The van der Waals surface area contributed by atoms with Crippen LogP contribution in [0.2, 0.25) is 0 Å². The van der Waals surface area contributed by atoms with Crippen LogP contribution < -0.4 is 4.90 Å². The van der Waals surface area contributed by atoms with E-state index in [1.54, 1.807) is 0 Å². The number of aryl methyl sites for hydroxylation is 1. The van der Waals surface area contributed by atoms with Crippen LogP contribution in [0.3, 0.4) is 0 Å². The van der Waals surface area contributed by atoms with E-state index in [0.717, 1.165) is 37.6 Å². The van der Waals surface area contributed by atoms with Gasteiger partial charge in [0.15, 0.2) is 5.88 Å². The quantitative estimate of drug-likeness (QED) is 0.619. The average molecular weight is 217 g/mol. The van der Waals surface area contributed by atoms with Crippen LogP contribution in [-0.4, -0.2) is 13.1 Å². The number of hydrogen-bond acceptors (Lipinski definition) is 2. The zero-order valence-electron chi connectivity index (χ0n) is 9.69. The Morgan fingerprint density at radius 3 is 2.31 bits per heavy atom. The van der Waals surface area contributed by atoms with Gasteiger partial charge < -0.3 is 9.32 Å². The van der Waals surface area contributed by atoms with Crippen molar-refractivity contribution in [1.82, 2.24) is 0 Å². The summed E-state index contributed by atoms with van der Waals surface area (Å²) in [5, 5.41) is 0. The van der Waals surface area contributed by atoms with Gasteiger partial charge in [0.1, 0.15) is 5.76 Å². The van der Waals surface area contributed by atoms with Gasteiger partial charge in [-0.25, -0.2) is 0 Å². The Morgan fingerprint density at radius 1 is 1.06 bits per heavy atom. The standard InChI is InChI=1S/C14H19NO/c1-4-7-8-13-9-10-14(16-13)15(11-5-2)12-6-3/h4-6,9-10H,1-3,7-8,11-12H2. The molecular weight excluding hydrogens is 198 g/mol. The molecule has 1 aromatic heterocycles. The first-order valence-electron chi connectivity index (χ1n) is 5.48. The molecule has 86 valence electrons. The molecule has 0 N–H and O–H groups in total. The normalized spacial score (nSPS) is 9.75. The number of nitrogens with zero attached hydrogens (tertiary/aromatic N) is 1. The lowest BCUT2D eigenvalue weighted by atomic mass is 10.2. The van der Waals surface area contributed by atoms with Crippen molar-refractivity contribution in [3.05, 3.63) is 55.9 Å². The van der Waals surface area contributed by atoms with E-state index >= 15 is 0 Å². The molecule has 16 heavy (non-hydrogen) atoms. The molecule has 1 aromatic rings. The minimum atomic E-state index is 0.764. The molecule has 0 saturated carbocycles. The van der Waals surface area contributed by atoms with Crippen LogP contribution in [-0.2, 0) is 6.42 Å². The maximum atomic E-state index is 5.74. The van der Waals surface area contributed by atoms with Gasteiger partial charge in [-0.05, 0) is 12.5 Å². The van der Waals surface area contributed by atoms with Gasteiger partial charge in [-0.2, -0.15) is 0 Å². The first-order chi connectivity index (χ1) is 7.81. The molecule has 0 aromatic carbocycles. The van der Waals surface area contributed by atoms with Gasteiger partial charge >= 0.3 is 0 Å². The second-order valence-electron chi connectivity index (χ2n) is 3.55. The molecule has 0 atom stereocenters. The van der Waals surface area contributed by atoms with Gasteiger partial charge in [-0.1, -0.05) is 18.2 Å². The van der Waals surface area contributed by atoms with E-state index in [4.69, 9.17) is 4.42 Å². The summed E-state index contributed by atoms with van der Waals surface area (Å²) >= 11 is 0. The predicted octanol–water partition coefficient (Wildman–Crippen LogP) is 3.58. The fourth-order valence-corrected chi connectivity index (χ4v) is 1.48. The molecule has 0 saturated heterocycles. The topological polar surface area (TPSA) is 16.4 Å². The molecule has 0 bridgehead atoms. The molecule has 2 nitrogen and oxygen atoms in total. The van der Waals surface area contributed by atoms with Crippen LogP contribution in [0.5, 0.6) is 0 Å². The molecule has 2 heteroatoms. The Hall–Kier alpha value is -1.70. The highest BCUT2D eigenvalue weighted by Gasteiger charge is 2.07. The summed E-state index contributed by atoms with van der Waals surface area (Å²) in [5.74, 6) is 1.87. The molecule has 0 aliphatic rings. The van der Waals surface area contributed by atoms with Gasteiger partial charge in [0.2, 0.25) is 0 Å². The summed E-state index contributed by atoms with van der Waals surface area (Å²) in [6.07, 6.45) is 7.45. The van der Waals surface area contributed by atoms with Crippen molar-refractivity contribution < 1.29 is 4.42 Å². The van der Waals surface area contributed by atoms with Gasteiger partial charge in [-0.3, -0.25) is 0 Å². The third-order valence-electron chi connectivity index (χ3n) is 2.25. The van der Waals surface area contributed by atoms with E-state index in [-0.39, 0.29) is 0 Å². The maximum Gasteiger partial charge on any atom is 0.196 e. The minimum absolute atomic E-state index is 0.764. The Balaban J connectivity index is 2.68. The van der Waals surface area contributed by atoms with Crippen LogP contribution in [0.15, 0.2) is 54.5 Å². The SMILES string of the molecule is C=CCCc1ccc(N(CC=C)CC=C)o1. The van der Waals surface area contributed by atoms with E-state index < -0.39 is 0 Å². The van der Waals surface area contributed by atoms with Crippen molar-refractivity contribution in [1.29, 1.82) is 0 Å². The third-order valence-corrected chi connectivity index (χ3v) is 2.25. The Morgan fingerprint density at radius 2 is 1.75 bits per heavy atom. The predicted molar refractivity (Wildman–Crippen MR) is 69.8 cm³/mol. The zero-order valence-corrected chi connectivity index (χ0v) is 9.69. The number of hydrogen-bond donors (Lipinski definition) is 0. The molecule has 1 heterocycles. The molecular formula is C14H19NO. The highest BCUT2D eigenvalue weighted by atomic mass is 16.4. The number of rotatable bonds is 8. The summed E-state index contributed by atoms with van der Waals surface area (Å²) in [7, 11) is 0. The summed E-state index contributed by atoms with van der Waals surface area (Å²) < 4.78 is 5.74. The zero-order chi connectivity index (χ0) is 11.8. The second kappa shape index (κ2) is 6.72. The monoisotopic (exact) mass is 217 g/mol. The van der Waals surface area contributed by atoms with Crippen LogP contribution in [0.4, 0.5) is 5.88 Å². The van der Waals surface area contributed by atoms with E-state index in [1.165, 1.54) is 0 Å². The lowest BCUT2D eigenvalue weighted by Gasteiger charge is -2.17. The van der Waals surface area contributed by atoms with Gasteiger partial charge in [0.05, 0.1) is 0 Å². The fraction of sp³-hybridized carbons (Fsp3) is 0.286. The molecule has 0 aliphatic heterocycles. The first-order valence-corrected chi connectivity index (χ1v) is 5.48. The van der Waals surface area contributed by atoms with Crippen LogP contribution in [0, 0.1) is 0 Å². The lowest BCUT2D eigenvalue weighted by Crippen LogP contribution is -2.22. The van der Waals surface area contributed by atoms with E-state index in [0.29, 0.717) is 0 Å². The highest BCUT2D eigenvalue weighted by molar-refractivity contribution is 5.38. The molecule has 1 rings (SSSR count). The number of anilines is 1. The lowest BCUT2D eigenvalue weighted by molar-refractivity contribution is 0.505. The average Bonchev–Trinajstić information content (AvgIpc) is 2.74. The van der Waals surface area contributed by atoms with Crippen molar-refractivity contribution in [3.63, 3.8) is 0 Å². The number of furan rings is 1. The Bertz CT molecular complexity index is 341. The van der Waals surface area contributed by atoms with Crippen molar-refractivity contribution >= 4 is 5.88 Å². The van der Waals surface area contributed by atoms with Crippen LogP contribution in [0.1, 0.15) is 12.2 Å². The van der Waals surface area contributed by atoms with Gasteiger partial charge in [0, 0.05) is 25.6 Å². The van der Waals surface area contributed by atoms with E-state index in [9.17, 15) is 0 Å². The summed E-state index contributed by atoms with van der Waals surface area (Å²) in [4.78, 5) is 2.08. The van der Waals surface area contributed by atoms with Crippen LogP contribution >= 0.6 is 0 Å². The van der Waals surface area contributed by atoms with Crippen LogP contribution in [0.25, 0.3) is 0 Å². The highest BCUT2D eigenvalue weighted by Crippen LogP contribution is 2.19. The molecule has 0 amide bonds. The van der Waals surface area contributed by atoms with Crippen molar-refractivity contribution in [2.24, 2.45) is 0 Å². The summed E-state index contributed by atoms with van der Waals surface area (Å²) in [6, 6.07) is 4.00. The largest absolute Gasteiger partial charge is 0.446 e. The first kappa shape index (κ1) is 12.4. The third kappa shape index (κ3) is 3.46. The molecule has 0 aliphatic carbocycles. The molecule has 0 spiro atoms. The van der Waals surface area contributed by atoms with Crippen molar-refractivity contribution in [3.8, 4) is 0 Å². The molecule has 0 fully saturated rings. The number of allylic oxidation sites excluding steroid dienone is 1. The van der Waals surface area contributed by atoms with E-state index in [1.807, 2.05) is 30.4 Å². The Kier molecular flexibility index (Phi) is 5.20. The molecule has 0 unspecified atom stereocenters. The summed E-state index contributed by atoms with van der Waals surface area (Å²) in [6.45, 7) is 12.7. The van der Waals surface area contributed by atoms with Crippen molar-refractivity contribution in [2.45, 2.75) is 12.8 Å². The fourth-order valence-electron chi connectivity index (χ4n) is 1.48. The molecule has 0 radical (unpaired) electrons. The van der Waals surface area contributed by atoms with Gasteiger partial charge in [-0.15, -0.1) is 19.7 Å². The van der Waals surface area contributed by atoms with Gasteiger partial charge in [0.25, 0.3) is 0 Å². The van der Waals surface area contributed by atoms with Crippen molar-refractivity contribution in [2.75, 3.05) is 18.0 Å².